The largest absolute Gasteiger partial charge is 0.480 e. The first-order valence-electron chi connectivity index (χ1n) is 6.91. The third kappa shape index (κ3) is 27.0. The van der Waals surface area contributed by atoms with Gasteiger partial charge in [0.25, 0.3) is 0 Å². The Morgan fingerprint density at radius 1 is 1.00 bits per heavy atom. The van der Waals surface area contributed by atoms with Gasteiger partial charge in [-0.1, -0.05) is 20.5 Å². The van der Waals surface area contributed by atoms with E-state index in [2.05, 4.69) is 25.8 Å². The molecule has 0 bridgehead atoms. The molecular weight excluding hydrogens is 287 g/mol. The maximum Gasteiger partial charge on any atom is 0.371 e. The first kappa shape index (κ1) is 28.7. The molecule has 0 atom stereocenters. The van der Waals surface area contributed by atoms with Crippen molar-refractivity contribution in [3.8, 4) is 0 Å². The van der Waals surface area contributed by atoms with Gasteiger partial charge in [-0.05, 0) is 42.0 Å². The second kappa shape index (κ2) is 16.0. The molecule has 0 saturated heterocycles. The Kier molecular flexibility index (Phi) is 20.8. The van der Waals surface area contributed by atoms with Crippen LogP contribution in [0, 0.1) is 0 Å². The predicted molar refractivity (Wildman–Crippen MR) is 92.0 cm³/mol. The third-order valence-corrected chi connectivity index (χ3v) is 1.94. The fourth-order valence-electron chi connectivity index (χ4n) is 0.191. The number of nitrogens with zero attached hydrogens (tertiary/aromatic N) is 1. The normalized spacial score (nSPS) is 9.05. The number of Topliss-reactive ketones (excluding diaryl/α,β-unsaturated/α-hetero) is 1. The van der Waals surface area contributed by atoms with Crippen molar-refractivity contribution < 1.29 is 24.6 Å². The summed E-state index contributed by atoms with van der Waals surface area (Å²) in [6.07, 6.45) is 0. The summed E-state index contributed by atoms with van der Waals surface area (Å²) in [6, 6.07) is 0. The van der Waals surface area contributed by atoms with Crippen LogP contribution in [0.2, 0.25) is 20.5 Å². The zero-order valence-electron chi connectivity index (χ0n) is 15.6. The molecule has 0 aliphatic heterocycles. The summed E-state index contributed by atoms with van der Waals surface area (Å²) in [5, 5.41) is 19.0. The van der Waals surface area contributed by atoms with Crippen molar-refractivity contribution in [2.45, 2.75) is 46.8 Å². The van der Waals surface area contributed by atoms with E-state index in [1.807, 2.05) is 14.1 Å². The molecule has 0 aromatic carbocycles. The number of nitrogens with one attached hydrogen (secondary N) is 1. The number of hydrogen-bond acceptors (Lipinski definition) is 5. The van der Waals surface area contributed by atoms with Gasteiger partial charge >= 0.3 is 11.9 Å². The van der Waals surface area contributed by atoms with E-state index in [0.717, 1.165) is 13.6 Å². The van der Waals surface area contributed by atoms with Crippen LogP contribution in [-0.4, -0.2) is 73.3 Å². The van der Waals surface area contributed by atoms with E-state index < -0.39 is 23.3 Å². The quantitative estimate of drug-likeness (QED) is 0.531. The van der Waals surface area contributed by atoms with Gasteiger partial charge in [-0.3, -0.25) is 14.5 Å². The molecule has 0 rings (SSSR count). The van der Waals surface area contributed by atoms with Crippen LogP contribution in [0.25, 0.3) is 0 Å². The van der Waals surface area contributed by atoms with Crippen molar-refractivity contribution >= 4 is 24.4 Å². The Balaban J connectivity index is -0.000000108. The Morgan fingerprint density at radius 2 is 1.18 bits per heavy atom. The number of carboxylic acids is 2. The molecule has 22 heavy (non-hydrogen) atoms. The van der Waals surface area contributed by atoms with Crippen LogP contribution in [0.4, 0.5) is 0 Å². The predicted octanol–water partition coefficient (Wildman–Crippen LogP) is 1.28. The number of hydrogen-bond donors (Lipinski definition) is 3. The number of likely N-dealkylation sites (N-methyl/N-ethyl adjacent to an activating group) is 1. The number of aliphatic carboxylic acids is 2. The lowest BCUT2D eigenvalue weighted by molar-refractivity contribution is -0.148. The van der Waals surface area contributed by atoms with Crippen LogP contribution in [0.1, 0.15) is 20.8 Å². The van der Waals surface area contributed by atoms with Crippen LogP contribution in [0.3, 0.4) is 0 Å². The molecule has 3 N–H and O–H groups in total. The maximum absolute atomic E-state index is 10.4. The van der Waals surface area contributed by atoms with Crippen LogP contribution >= 0.6 is 0 Å². The molecule has 0 radical (unpaired) electrons. The van der Waals surface area contributed by atoms with Gasteiger partial charge in [-0.2, -0.15) is 0 Å². The molecule has 0 spiro atoms. The summed E-state index contributed by atoms with van der Waals surface area (Å²) in [5.41, 5.74) is -0.750. The fraction of sp³-hybridized carbons (Fsp3) is 0.786. The number of carboxylic acid groups (broad SMARTS) is 2. The van der Waals surface area contributed by atoms with E-state index in [4.69, 9.17) is 10.2 Å². The first-order valence-corrected chi connectivity index (χ1v) is 6.91. The van der Waals surface area contributed by atoms with Gasteiger partial charge in [0, 0.05) is 6.92 Å². The minimum atomic E-state index is -1.38. The minimum Gasteiger partial charge on any atom is -0.480 e. The molecule has 0 saturated carbocycles. The summed E-state index contributed by atoms with van der Waals surface area (Å²) in [4.78, 5) is 31.0. The van der Waals surface area contributed by atoms with Gasteiger partial charge in [0.1, 0.15) is 12.3 Å². The lowest BCUT2D eigenvalue weighted by Gasteiger charge is -2.27. The first-order chi connectivity index (χ1) is 9.68. The topological polar surface area (TPSA) is 107 Å². The number of carbonyl (C=O) groups is 3. The highest BCUT2D eigenvalue weighted by Gasteiger charge is 2.28. The summed E-state index contributed by atoms with van der Waals surface area (Å²) in [5.74, 6) is -3.00. The Bertz CT molecular complexity index is 304. The van der Waals surface area contributed by atoms with Crippen molar-refractivity contribution in [2.75, 3.05) is 28.2 Å². The number of carbonyl (C=O) groups excluding carboxylic acids is 1. The van der Waals surface area contributed by atoms with E-state index in [-0.39, 0.29) is 0 Å². The van der Waals surface area contributed by atoms with E-state index in [1.54, 1.807) is 32.8 Å². The molecule has 7 nitrogen and oxygen atoms in total. The zero-order chi connectivity index (χ0) is 19.1. The Labute approximate surface area is 135 Å². The van der Waals surface area contributed by atoms with Gasteiger partial charge in [-0.15, -0.1) is 0 Å². The number of ketones is 1. The highest BCUT2D eigenvalue weighted by Crippen LogP contribution is 2.08. The highest BCUT2D eigenvalue weighted by atomic mass is 16.4. The van der Waals surface area contributed by atoms with Crippen molar-refractivity contribution in [2.24, 2.45) is 0 Å². The molecule has 0 aromatic heterocycles. The standard InChI is InChI=1S/C6H13NO2.C3H9B.C3H4O3.C2H7N/c1-6(2,5(8)9)7(3)4;1-4(2)3;1-2(4)3(5)6;1-3-2/h1-4H3,(H,8,9);1-3H3;1H3,(H,5,6);3H,1-2H3. The molecule has 0 aliphatic rings. The lowest BCUT2D eigenvalue weighted by Crippen LogP contribution is -2.45. The second-order valence-corrected chi connectivity index (χ2v) is 5.85. The monoisotopic (exact) mass is 320 g/mol. The molecular formula is C14H33BN2O5. The maximum atomic E-state index is 10.4. The smallest absolute Gasteiger partial charge is 0.371 e. The van der Waals surface area contributed by atoms with Crippen molar-refractivity contribution in [3.05, 3.63) is 0 Å². The molecule has 0 unspecified atom stereocenters. The van der Waals surface area contributed by atoms with Crippen LogP contribution in [0.15, 0.2) is 0 Å². The van der Waals surface area contributed by atoms with Gasteiger partial charge in [0.15, 0.2) is 0 Å². The molecule has 0 aliphatic carbocycles. The second-order valence-electron chi connectivity index (χ2n) is 5.85. The van der Waals surface area contributed by atoms with Crippen LogP contribution in [0.5, 0.6) is 0 Å². The van der Waals surface area contributed by atoms with Crippen LogP contribution < -0.4 is 5.32 Å². The number of rotatable bonds is 3. The van der Waals surface area contributed by atoms with Crippen molar-refractivity contribution in [1.29, 1.82) is 0 Å². The molecule has 8 heteroatoms. The van der Waals surface area contributed by atoms with Gasteiger partial charge in [-0.25, -0.2) is 4.79 Å². The third-order valence-electron chi connectivity index (χ3n) is 1.94. The fourth-order valence-corrected chi connectivity index (χ4v) is 0.191. The highest BCUT2D eigenvalue weighted by molar-refractivity contribution is 6.54. The van der Waals surface area contributed by atoms with E-state index in [9.17, 15) is 14.4 Å². The minimum absolute atomic E-state index is 0.750. The zero-order valence-corrected chi connectivity index (χ0v) is 15.6. The average Bonchev–Trinajstić information content (AvgIpc) is 2.29. The van der Waals surface area contributed by atoms with Crippen molar-refractivity contribution in [1.82, 2.24) is 10.2 Å². The average molecular weight is 320 g/mol. The SMILES string of the molecule is CB(C)C.CC(=O)C(=O)O.CN(C)C(C)(C)C(=O)O.CNC. The lowest BCUT2D eigenvalue weighted by atomic mass is 9.58. The summed E-state index contributed by atoms with van der Waals surface area (Å²) >= 11 is 0. The van der Waals surface area contributed by atoms with Crippen molar-refractivity contribution in [3.63, 3.8) is 0 Å². The van der Waals surface area contributed by atoms with Crippen LogP contribution in [-0.2, 0) is 14.4 Å². The summed E-state index contributed by atoms with van der Waals surface area (Å²) in [6.45, 7) is 11.7. The van der Waals surface area contributed by atoms with Gasteiger partial charge in [0.2, 0.25) is 5.78 Å². The van der Waals surface area contributed by atoms with Gasteiger partial charge in [0.05, 0.1) is 0 Å². The molecule has 0 fully saturated rings. The molecule has 0 heterocycles. The molecule has 132 valence electrons. The summed E-state index contributed by atoms with van der Waals surface area (Å²) in [7, 11) is 7.24. The van der Waals surface area contributed by atoms with E-state index in [1.165, 1.54) is 0 Å². The Hall–Kier alpha value is -1.41. The molecule has 0 aromatic rings. The van der Waals surface area contributed by atoms with E-state index in [0.29, 0.717) is 0 Å². The summed E-state index contributed by atoms with van der Waals surface area (Å²) < 4.78 is 0. The Morgan fingerprint density at radius 3 is 1.18 bits per heavy atom. The molecule has 0 amide bonds. The van der Waals surface area contributed by atoms with E-state index >= 15 is 0 Å². The van der Waals surface area contributed by atoms with Gasteiger partial charge < -0.3 is 15.5 Å².